The van der Waals surface area contributed by atoms with E-state index >= 15 is 0 Å². The van der Waals surface area contributed by atoms with Gasteiger partial charge in [-0.15, -0.1) is 0 Å². The highest BCUT2D eigenvalue weighted by atomic mass is 15.3. The van der Waals surface area contributed by atoms with E-state index in [1.165, 1.54) is 135 Å². The maximum absolute atomic E-state index is 3.04. The Morgan fingerprint density at radius 3 is 1.89 bits per heavy atom. The topological polar surface area (TPSA) is 9.72 Å². The lowest BCUT2D eigenvalue weighted by molar-refractivity contribution is 0.195. The molecule has 0 radical (unpaired) electrons. The molecule has 6 aromatic carbocycles. The van der Waals surface area contributed by atoms with Crippen LogP contribution in [0.15, 0.2) is 121 Å². The summed E-state index contributed by atoms with van der Waals surface area (Å²) in [5.74, 6) is 2.50. The number of benzene rings is 6. The molecule has 0 aromatic heterocycles. The van der Waals surface area contributed by atoms with E-state index in [4.69, 9.17) is 0 Å². The molecule has 5 fully saturated rings. The lowest BCUT2D eigenvalue weighted by Gasteiger charge is -2.55. The second-order valence-electron chi connectivity index (χ2n) is 23.3. The van der Waals surface area contributed by atoms with Crippen molar-refractivity contribution < 1.29 is 0 Å². The second-order valence-corrected chi connectivity index (χ2v) is 23.3. The molecule has 4 heteroatoms. The SMILES string of the molecule is CC(C)(C)c1ccc(N2c3cc(N4c5ccc(-c6ccccc6)cc5C5(C)CCCCC45C)cc4c3B3c5c2cccc5C(C)(C)c2cccc(c23)N4C23CC4CC2CC4C3)cc1. The summed E-state index contributed by atoms with van der Waals surface area (Å²) in [5, 5.41) is 0. The largest absolute Gasteiger partial charge is 0.336 e. The molecular weight excluding hydrogens is 761 g/mol. The predicted octanol–water partition coefficient (Wildman–Crippen LogP) is 13.0. The maximum atomic E-state index is 3.04. The Morgan fingerprint density at radius 2 is 1.21 bits per heavy atom. The first-order valence-electron chi connectivity index (χ1n) is 24.5. The minimum absolute atomic E-state index is 0.0165. The van der Waals surface area contributed by atoms with Crippen molar-refractivity contribution in [2.75, 3.05) is 14.7 Å². The minimum Gasteiger partial charge on any atom is -0.336 e. The average Bonchev–Trinajstić information content (AvgIpc) is 4.07. The van der Waals surface area contributed by atoms with Crippen molar-refractivity contribution in [3.05, 3.63) is 144 Å². The Hall–Kier alpha value is -5.22. The molecule has 15 rings (SSSR count). The van der Waals surface area contributed by atoms with Crippen LogP contribution >= 0.6 is 0 Å². The van der Waals surface area contributed by atoms with Crippen molar-refractivity contribution in [2.45, 2.75) is 127 Å². The summed E-state index contributed by atoms with van der Waals surface area (Å²) in [6.45, 7) is 17.4. The third kappa shape index (κ3) is 4.45. The molecule has 4 bridgehead atoms. The van der Waals surface area contributed by atoms with E-state index in [0.717, 1.165) is 17.8 Å². The van der Waals surface area contributed by atoms with Crippen LogP contribution in [0.5, 0.6) is 0 Å². The zero-order valence-corrected chi connectivity index (χ0v) is 38.4. The molecule has 9 aliphatic rings. The van der Waals surface area contributed by atoms with Gasteiger partial charge in [0.15, 0.2) is 0 Å². The zero-order chi connectivity index (χ0) is 42.6. The van der Waals surface area contributed by atoms with Gasteiger partial charge in [-0.2, -0.15) is 0 Å². The molecule has 6 aromatic rings. The number of anilines is 7. The molecule has 0 saturated heterocycles. The molecule has 4 unspecified atom stereocenters. The third-order valence-corrected chi connectivity index (χ3v) is 19.2. The summed E-state index contributed by atoms with van der Waals surface area (Å²) in [7, 11) is 0. The first-order valence-corrected chi connectivity index (χ1v) is 24.5. The maximum Gasteiger partial charge on any atom is 0.252 e. The summed E-state index contributed by atoms with van der Waals surface area (Å²) >= 11 is 0. The molecule has 0 N–H and O–H groups in total. The van der Waals surface area contributed by atoms with E-state index in [1.807, 2.05) is 0 Å². The quantitative estimate of drug-likeness (QED) is 0.164. The van der Waals surface area contributed by atoms with Crippen LogP contribution in [0, 0.1) is 17.8 Å². The number of nitrogens with zero attached hydrogens (tertiary/aromatic N) is 3. The number of rotatable bonds is 4. The van der Waals surface area contributed by atoms with Crippen LogP contribution in [0.3, 0.4) is 0 Å². The van der Waals surface area contributed by atoms with Gasteiger partial charge in [0.05, 0.1) is 5.54 Å². The molecule has 0 spiro atoms. The molecule has 4 heterocycles. The van der Waals surface area contributed by atoms with Gasteiger partial charge in [-0.3, -0.25) is 0 Å². The van der Waals surface area contributed by atoms with E-state index in [1.54, 1.807) is 5.46 Å². The fourth-order valence-corrected chi connectivity index (χ4v) is 16.1. The Labute approximate surface area is 375 Å². The molecule has 63 heavy (non-hydrogen) atoms. The molecule has 0 amide bonds. The molecule has 314 valence electrons. The van der Waals surface area contributed by atoms with Gasteiger partial charge in [-0.05, 0) is 167 Å². The van der Waals surface area contributed by atoms with Crippen LogP contribution in [0.25, 0.3) is 11.1 Å². The molecule has 3 nitrogen and oxygen atoms in total. The van der Waals surface area contributed by atoms with Crippen molar-refractivity contribution >= 4 is 62.9 Å². The van der Waals surface area contributed by atoms with Gasteiger partial charge in [0, 0.05) is 56.2 Å². The van der Waals surface area contributed by atoms with Gasteiger partial charge in [0.25, 0.3) is 6.71 Å². The summed E-state index contributed by atoms with van der Waals surface area (Å²) in [6.07, 6.45) is 10.4. The highest BCUT2D eigenvalue weighted by molar-refractivity contribution is 7.01. The van der Waals surface area contributed by atoms with E-state index in [9.17, 15) is 0 Å². The Balaban J connectivity index is 1.08. The monoisotopic (exact) mass is 821 g/mol. The highest BCUT2D eigenvalue weighted by Crippen LogP contribution is 2.70. The van der Waals surface area contributed by atoms with Gasteiger partial charge >= 0.3 is 0 Å². The van der Waals surface area contributed by atoms with Crippen LogP contribution in [0.2, 0.25) is 0 Å². The Kier molecular flexibility index (Phi) is 7.03. The minimum atomic E-state index is -0.124. The van der Waals surface area contributed by atoms with E-state index in [2.05, 4.69) is 184 Å². The fourth-order valence-electron chi connectivity index (χ4n) is 16.1. The lowest BCUT2D eigenvalue weighted by atomic mass is 9.28. The van der Waals surface area contributed by atoms with Crippen LogP contribution < -0.4 is 31.1 Å². The first-order chi connectivity index (χ1) is 30.3. The summed E-state index contributed by atoms with van der Waals surface area (Å²) in [4.78, 5) is 8.62. The first kappa shape index (κ1) is 37.2. The van der Waals surface area contributed by atoms with E-state index < -0.39 is 0 Å². The van der Waals surface area contributed by atoms with E-state index in [-0.39, 0.29) is 34.0 Å². The summed E-state index contributed by atoms with van der Waals surface area (Å²) in [6, 6.07) is 48.3. The van der Waals surface area contributed by atoms with Gasteiger partial charge < -0.3 is 14.7 Å². The standard InChI is InChI=1S/C59H60BN3/c1-55(2,3)40-22-24-42(25-23-40)61-48-19-13-17-44-52(48)60-53-45(56(44,4)5)18-14-20-49(53)63(59-34-38-29-41(59)30-39(38)35-59)51-33-43(32-50(61)54(51)60)62-47-26-21-37(36-15-9-8-10-16-36)31-46(47)57(6)27-11-12-28-58(57,62)7/h8-10,13-26,31-33,38-39,41H,11-12,27-30,34-35H2,1-7H3. The normalized spacial score (nSPS) is 29.3. The zero-order valence-electron chi connectivity index (χ0n) is 38.4. The van der Waals surface area contributed by atoms with Crippen LogP contribution in [0.4, 0.5) is 39.8 Å². The van der Waals surface area contributed by atoms with Gasteiger partial charge in [-0.25, -0.2) is 0 Å². The van der Waals surface area contributed by atoms with Gasteiger partial charge in [-0.1, -0.05) is 127 Å². The molecule has 4 aliphatic heterocycles. The van der Waals surface area contributed by atoms with Crippen LogP contribution in [0.1, 0.15) is 122 Å². The average molecular weight is 822 g/mol. The Morgan fingerprint density at radius 1 is 0.540 bits per heavy atom. The molecule has 5 saturated carbocycles. The number of fused-ring (bicyclic) bond motifs is 3. The molecular formula is C59H60BN3. The van der Waals surface area contributed by atoms with Crippen molar-refractivity contribution in [1.29, 1.82) is 0 Å². The smallest absolute Gasteiger partial charge is 0.252 e. The van der Waals surface area contributed by atoms with Crippen molar-refractivity contribution in [3.8, 4) is 11.1 Å². The van der Waals surface area contributed by atoms with Crippen molar-refractivity contribution in [3.63, 3.8) is 0 Å². The van der Waals surface area contributed by atoms with Crippen molar-refractivity contribution in [2.24, 2.45) is 17.8 Å². The highest BCUT2D eigenvalue weighted by Gasteiger charge is 2.67. The molecule has 4 atom stereocenters. The van der Waals surface area contributed by atoms with E-state index in [0.29, 0.717) is 0 Å². The number of hydrogen-bond donors (Lipinski definition) is 0. The Bertz CT molecular complexity index is 2940. The third-order valence-electron chi connectivity index (χ3n) is 19.2. The van der Waals surface area contributed by atoms with Gasteiger partial charge in [0.1, 0.15) is 0 Å². The lowest BCUT2D eigenvalue weighted by Crippen LogP contribution is -2.69. The second kappa shape index (κ2) is 11.9. The summed E-state index contributed by atoms with van der Waals surface area (Å²) < 4.78 is 0. The summed E-state index contributed by atoms with van der Waals surface area (Å²) in [5.41, 5.74) is 23.0. The van der Waals surface area contributed by atoms with Crippen molar-refractivity contribution in [1.82, 2.24) is 0 Å². The van der Waals surface area contributed by atoms with Crippen LogP contribution in [-0.4, -0.2) is 17.8 Å². The predicted molar refractivity (Wildman–Crippen MR) is 265 cm³/mol. The van der Waals surface area contributed by atoms with Crippen LogP contribution in [-0.2, 0) is 16.2 Å². The van der Waals surface area contributed by atoms with Gasteiger partial charge in [0.2, 0.25) is 0 Å². The molecule has 5 aliphatic carbocycles. The number of hydrogen-bond acceptors (Lipinski definition) is 3. The fraction of sp³-hybridized carbons (Fsp3) is 0.390.